The lowest BCUT2D eigenvalue weighted by atomic mass is 9.92. The highest BCUT2D eigenvalue weighted by atomic mass is 32.2. The van der Waals surface area contributed by atoms with Crippen LogP contribution in [0.3, 0.4) is 0 Å². The van der Waals surface area contributed by atoms with Crippen LogP contribution in [0.25, 0.3) is 0 Å². The molecule has 1 aliphatic heterocycles. The van der Waals surface area contributed by atoms with Crippen molar-refractivity contribution in [2.45, 2.75) is 50.0 Å². The molecule has 0 spiro atoms. The van der Waals surface area contributed by atoms with Crippen LogP contribution in [0.1, 0.15) is 38.8 Å². The molecular weight excluding hydrogens is 450 g/mol. The van der Waals surface area contributed by atoms with Crippen molar-refractivity contribution >= 4 is 26.5 Å². The number of ether oxygens (including phenoxy) is 2. The summed E-state index contributed by atoms with van der Waals surface area (Å²) in [5.74, 6) is 0.640. The van der Waals surface area contributed by atoms with Gasteiger partial charge in [0.15, 0.2) is 5.13 Å². The highest BCUT2D eigenvalue weighted by Crippen LogP contribution is 2.26. The van der Waals surface area contributed by atoms with E-state index in [4.69, 9.17) is 9.47 Å². The highest BCUT2D eigenvalue weighted by Gasteiger charge is 2.24. The first-order chi connectivity index (χ1) is 15.3. The largest absolute Gasteiger partial charge is 0.494 e. The van der Waals surface area contributed by atoms with Gasteiger partial charge >= 0.3 is 0 Å². The van der Waals surface area contributed by atoms with Crippen molar-refractivity contribution in [2.75, 3.05) is 44.2 Å². The van der Waals surface area contributed by atoms with Crippen molar-refractivity contribution in [3.63, 3.8) is 0 Å². The summed E-state index contributed by atoms with van der Waals surface area (Å²) in [6, 6.07) is 6.39. The maximum atomic E-state index is 12.7. The fourth-order valence-corrected chi connectivity index (χ4v) is 5.43. The van der Waals surface area contributed by atoms with Crippen LogP contribution in [-0.4, -0.2) is 68.5 Å². The van der Waals surface area contributed by atoms with Crippen molar-refractivity contribution in [1.29, 1.82) is 0 Å². The summed E-state index contributed by atoms with van der Waals surface area (Å²) < 4.78 is 39.0. The molecule has 2 heterocycles. The first-order valence-electron chi connectivity index (χ1n) is 11.1. The summed E-state index contributed by atoms with van der Waals surface area (Å²) >= 11 is 1.21. The Bertz CT molecular complexity index is 937. The maximum Gasteiger partial charge on any atom is 0.263 e. The van der Waals surface area contributed by atoms with Crippen molar-refractivity contribution in [2.24, 2.45) is 0 Å². The molecule has 0 radical (unpaired) electrons. The summed E-state index contributed by atoms with van der Waals surface area (Å²) in [7, 11) is -3.75. The zero-order valence-corrected chi connectivity index (χ0v) is 20.4. The molecule has 0 bridgehead atoms. The van der Waals surface area contributed by atoms with Gasteiger partial charge in [0.2, 0.25) is 0 Å². The molecule has 0 saturated carbocycles. The van der Waals surface area contributed by atoms with Crippen LogP contribution in [0.5, 0.6) is 5.75 Å². The third-order valence-corrected chi connectivity index (χ3v) is 8.02. The first kappa shape index (κ1) is 24.9. The van der Waals surface area contributed by atoms with Gasteiger partial charge in [0.25, 0.3) is 10.0 Å². The van der Waals surface area contributed by atoms with Crippen LogP contribution >= 0.6 is 11.3 Å². The minimum absolute atomic E-state index is 0.147. The van der Waals surface area contributed by atoms with E-state index in [0.29, 0.717) is 37.3 Å². The van der Waals surface area contributed by atoms with Crippen LogP contribution in [0.4, 0.5) is 5.13 Å². The van der Waals surface area contributed by atoms with E-state index in [1.165, 1.54) is 23.5 Å². The number of hydrogen-bond donors (Lipinski definition) is 2. The van der Waals surface area contributed by atoms with Crippen LogP contribution in [0.15, 0.2) is 34.5 Å². The molecular formula is C22H33N3O5S2. The van der Waals surface area contributed by atoms with Gasteiger partial charge in [0, 0.05) is 31.4 Å². The van der Waals surface area contributed by atoms with Crippen molar-refractivity contribution in [3.05, 3.63) is 35.3 Å². The monoisotopic (exact) mass is 483 g/mol. The molecule has 0 amide bonds. The molecule has 1 aliphatic rings. The summed E-state index contributed by atoms with van der Waals surface area (Å²) in [5, 5.41) is 12.5. The number of aliphatic hydroxyl groups is 1. The molecule has 1 saturated heterocycles. The van der Waals surface area contributed by atoms with E-state index in [9.17, 15) is 13.5 Å². The topological polar surface area (TPSA) is 101 Å². The molecule has 10 heteroatoms. The zero-order chi connectivity index (χ0) is 23.0. The quantitative estimate of drug-likeness (QED) is 0.447. The SMILES string of the molecule is CCC(O)(CC)Cc1csc(NS(=O)(=O)c2ccc(OCCCN3CCOCC3)cc2)n1. The normalized spacial score (nSPS) is 15.6. The predicted octanol–water partition coefficient (Wildman–Crippen LogP) is 3.14. The van der Waals surface area contributed by atoms with E-state index in [0.717, 1.165) is 39.3 Å². The molecule has 1 fully saturated rings. The van der Waals surface area contributed by atoms with Crippen molar-refractivity contribution in [1.82, 2.24) is 9.88 Å². The van der Waals surface area contributed by atoms with E-state index < -0.39 is 15.6 Å². The molecule has 178 valence electrons. The van der Waals surface area contributed by atoms with Crippen LogP contribution < -0.4 is 9.46 Å². The third-order valence-electron chi connectivity index (χ3n) is 5.72. The standard InChI is InChI=1S/C22H33N3O5S2/c1-3-22(26,4-2)16-18-17-31-21(23-18)24-32(27,28)20-8-6-19(7-9-20)30-13-5-10-25-11-14-29-15-12-25/h6-9,17,26H,3-5,10-16H2,1-2H3,(H,23,24). The summed E-state index contributed by atoms with van der Waals surface area (Å²) in [6.45, 7) is 8.87. The highest BCUT2D eigenvalue weighted by molar-refractivity contribution is 7.93. The molecule has 2 N–H and O–H groups in total. The Balaban J connectivity index is 1.50. The lowest BCUT2D eigenvalue weighted by molar-refractivity contribution is 0.0319. The van der Waals surface area contributed by atoms with E-state index in [1.807, 2.05) is 13.8 Å². The van der Waals surface area contributed by atoms with Gasteiger partial charge in [-0.1, -0.05) is 13.8 Å². The zero-order valence-electron chi connectivity index (χ0n) is 18.7. The molecule has 0 aliphatic carbocycles. The van der Waals surface area contributed by atoms with E-state index in [2.05, 4.69) is 14.6 Å². The molecule has 3 rings (SSSR count). The minimum Gasteiger partial charge on any atom is -0.494 e. The second kappa shape index (κ2) is 11.4. The van der Waals surface area contributed by atoms with Gasteiger partial charge < -0.3 is 14.6 Å². The fourth-order valence-electron chi connectivity index (χ4n) is 3.46. The number of rotatable bonds is 12. The average molecular weight is 484 g/mol. The minimum atomic E-state index is -3.75. The van der Waals surface area contributed by atoms with Crippen LogP contribution in [0.2, 0.25) is 0 Å². The molecule has 0 unspecified atom stereocenters. The van der Waals surface area contributed by atoms with E-state index >= 15 is 0 Å². The first-order valence-corrected chi connectivity index (χ1v) is 13.4. The van der Waals surface area contributed by atoms with Gasteiger partial charge in [0.1, 0.15) is 5.75 Å². The summed E-state index contributed by atoms with van der Waals surface area (Å²) in [4.78, 5) is 6.84. The lowest BCUT2D eigenvalue weighted by Gasteiger charge is -2.26. The lowest BCUT2D eigenvalue weighted by Crippen LogP contribution is -2.37. The van der Waals surface area contributed by atoms with E-state index in [1.54, 1.807) is 17.5 Å². The molecule has 2 aromatic rings. The molecule has 8 nitrogen and oxygen atoms in total. The van der Waals surface area contributed by atoms with Gasteiger partial charge in [-0.05, 0) is 43.5 Å². The summed E-state index contributed by atoms with van der Waals surface area (Å²) in [6.07, 6.45) is 2.53. The Hall–Kier alpha value is -1.72. The fraction of sp³-hybridized carbons (Fsp3) is 0.591. The Kier molecular flexibility index (Phi) is 8.89. The Morgan fingerprint density at radius 1 is 1.22 bits per heavy atom. The van der Waals surface area contributed by atoms with Gasteiger partial charge in [-0.2, -0.15) is 0 Å². The number of aromatic nitrogens is 1. The number of nitrogens with zero attached hydrogens (tertiary/aromatic N) is 2. The Morgan fingerprint density at radius 2 is 1.91 bits per heavy atom. The second-order valence-electron chi connectivity index (χ2n) is 7.99. The van der Waals surface area contributed by atoms with Gasteiger partial charge in [-0.25, -0.2) is 13.4 Å². The van der Waals surface area contributed by atoms with E-state index in [-0.39, 0.29) is 10.0 Å². The van der Waals surface area contributed by atoms with Crippen LogP contribution in [-0.2, 0) is 21.2 Å². The number of sulfonamides is 1. The van der Waals surface area contributed by atoms with Crippen molar-refractivity contribution < 1.29 is 23.0 Å². The smallest absolute Gasteiger partial charge is 0.263 e. The van der Waals surface area contributed by atoms with Gasteiger partial charge in [-0.3, -0.25) is 9.62 Å². The van der Waals surface area contributed by atoms with Crippen LogP contribution in [0, 0.1) is 0 Å². The molecule has 0 atom stereocenters. The Labute approximate surface area is 194 Å². The number of anilines is 1. The molecule has 1 aromatic heterocycles. The molecule has 32 heavy (non-hydrogen) atoms. The van der Waals surface area contributed by atoms with Crippen molar-refractivity contribution in [3.8, 4) is 5.75 Å². The number of morpholine rings is 1. The number of thiazole rings is 1. The maximum absolute atomic E-state index is 12.7. The number of hydrogen-bond acceptors (Lipinski definition) is 8. The second-order valence-corrected chi connectivity index (χ2v) is 10.5. The van der Waals surface area contributed by atoms with Gasteiger partial charge in [-0.15, -0.1) is 11.3 Å². The number of nitrogens with one attached hydrogen (secondary N) is 1. The average Bonchev–Trinajstić information content (AvgIpc) is 3.23. The Morgan fingerprint density at radius 3 is 2.56 bits per heavy atom. The molecule has 1 aromatic carbocycles. The number of benzene rings is 1. The summed E-state index contributed by atoms with van der Waals surface area (Å²) in [5.41, 5.74) is -0.137. The predicted molar refractivity (Wildman–Crippen MR) is 126 cm³/mol. The third kappa shape index (κ3) is 7.14. The van der Waals surface area contributed by atoms with Gasteiger partial charge in [0.05, 0.1) is 36.0 Å².